The topological polar surface area (TPSA) is 59.4 Å². The van der Waals surface area contributed by atoms with Crippen LogP contribution in [0.25, 0.3) is 0 Å². The van der Waals surface area contributed by atoms with Crippen molar-refractivity contribution in [1.29, 1.82) is 0 Å². The number of carboxylic acids is 1. The summed E-state index contributed by atoms with van der Waals surface area (Å²) in [7, 11) is 0. The number of hydrogen-bond donors (Lipinski definition) is 1. The van der Waals surface area contributed by atoms with Crippen molar-refractivity contribution >= 4 is 17.6 Å². The standard InChI is InChI=1S/C10H9ClF3NO3/c11-6-2-3-7(15-8(6)9(16)17)18-5-1-4-10(12,13)14/h2-3H,1,4-5H2,(H,16,17). The molecule has 1 N–H and O–H groups in total. The van der Waals surface area contributed by atoms with Gasteiger partial charge in [-0.3, -0.25) is 0 Å². The smallest absolute Gasteiger partial charge is 0.389 e. The van der Waals surface area contributed by atoms with Crippen LogP contribution in [0.4, 0.5) is 13.2 Å². The molecule has 0 bridgehead atoms. The number of nitrogens with zero attached hydrogens (tertiary/aromatic N) is 1. The highest BCUT2D eigenvalue weighted by Gasteiger charge is 2.26. The van der Waals surface area contributed by atoms with Gasteiger partial charge in [-0.1, -0.05) is 11.6 Å². The lowest BCUT2D eigenvalue weighted by molar-refractivity contribution is -0.136. The average molecular weight is 284 g/mol. The lowest BCUT2D eigenvalue weighted by Crippen LogP contribution is -2.10. The molecule has 0 aliphatic rings. The number of alkyl halides is 3. The summed E-state index contributed by atoms with van der Waals surface area (Å²) in [5.41, 5.74) is -0.398. The Morgan fingerprint density at radius 3 is 2.67 bits per heavy atom. The molecule has 1 aromatic rings. The molecule has 0 saturated heterocycles. The van der Waals surface area contributed by atoms with Crippen molar-refractivity contribution in [3.05, 3.63) is 22.8 Å². The van der Waals surface area contributed by atoms with Crippen LogP contribution in [0, 0.1) is 0 Å². The molecule has 0 atom stereocenters. The van der Waals surface area contributed by atoms with Crippen molar-refractivity contribution in [3.8, 4) is 5.88 Å². The molecule has 100 valence electrons. The lowest BCUT2D eigenvalue weighted by atomic mass is 10.3. The summed E-state index contributed by atoms with van der Waals surface area (Å²) >= 11 is 5.56. The normalized spacial score (nSPS) is 11.3. The summed E-state index contributed by atoms with van der Waals surface area (Å²) in [6, 6.07) is 2.56. The zero-order chi connectivity index (χ0) is 13.8. The van der Waals surface area contributed by atoms with E-state index < -0.39 is 24.3 Å². The molecule has 0 amide bonds. The molecule has 0 aliphatic heterocycles. The molecule has 1 aromatic heterocycles. The van der Waals surface area contributed by atoms with Crippen LogP contribution in [-0.4, -0.2) is 28.8 Å². The summed E-state index contributed by atoms with van der Waals surface area (Å²) in [4.78, 5) is 14.3. The fraction of sp³-hybridized carbons (Fsp3) is 0.400. The van der Waals surface area contributed by atoms with Crippen LogP contribution < -0.4 is 4.74 Å². The number of hydrogen-bond acceptors (Lipinski definition) is 3. The Labute approximate surface area is 105 Å². The maximum absolute atomic E-state index is 11.8. The van der Waals surface area contributed by atoms with Gasteiger partial charge >= 0.3 is 12.1 Å². The SMILES string of the molecule is O=C(O)c1nc(OCCCC(F)(F)F)ccc1Cl. The molecule has 4 nitrogen and oxygen atoms in total. The Balaban J connectivity index is 2.53. The van der Waals surface area contributed by atoms with Gasteiger partial charge < -0.3 is 9.84 Å². The van der Waals surface area contributed by atoms with Gasteiger partial charge in [0.15, 0.2) is 5.69 Å². The fourth-order valence-corrected chi connectivity index (χ4v) is 1.29. The van der Waals surface area contributed by atoms with Crippen LogP contribution in [0.1, 0.15) is 23.3 Å². The van der Waals surface area contributed by atoms with Crippen LogP contribution in [-0.2, 0) is 0 Å². The van der Waals surface area contributed by atoms with E-state index in [1.165, 1.54) is 12.1 Å². The Bertz CT molecular complexity index is 437. The van der Waals surface area contributed by atoms with E-state index in [4.69, 9.17) is 21.4 Å². The van der Waals surface area contributed by atoms with Crippen LogP contribution in [0.2, 0.25) is 5.02 Å². The van der Waals surface area contributed by atoms with E-state index in [1.54, 1.807) is 0 Å². The largest absolute Gasteiger partial charge is 0.478 e. The predicted molar refractivity (Wildman–Crippen MR) is 57.0 cm³/mol. The van der Waals surface area contributed by atoms with E-state index in [-0.39, 0.29) is 23.9 Å². The molecule has 0 radical (unpaired) electrons. The van der Waals surface area contributed by atoms with Gasteiger partial charge in [-0.15, -0.1) is 0 Å². The van der Waals surface area contributed by atoms with Gasteiger partial charge in [0, 0.05) is 12.5 Å². The third-order valence-electron chi connectivity index (χ3n) is 1.88. The van der Waals surface area contributed by atoms with Gasteiger partial charge in [0.25, 0.3) is 0 Å². The Kier molecular flexibility index (Phi) is 4.77. The van der Waals surface area contributed by atoms with Crippen molar-refractivity contribution in [3.63, 3.8) is 0 Å². The number of rotatable bonds is 5. The Hall–Kier alpha value is -1.50. The first kappa shape index (κ1) is 14.6. The van der Waals surface area contributed by atoms with Gasteiger partial charge in [-0.2, -0.15) is 13.2 Å². The van der Waals surface area contributed by atoms with Crippen LogP contribution in [0.5, 0.6) is 5.88 Å². The Morgan fingerprint density at radius 1 is 1.44 bits per heavy atom. The lowest BCUT2D eigenvalue weighted by Gasteiger charge is -2.08. The van der Waals surface area contributed by atoms with Crippen LogP contribution >= 0.6 is 11.6 Å². The minimum atomic E-state index is -4.23. The molecule has 0 aromatic carbocycles. The van der Waals surface area contributed by atoms with Gasteiger partial charge in [-0.05, 0) is 12.5 Å². The number of pyridine rings is 1. The molecule has 18 heavy (non-hydrogen) atoms. The monoisotopic (exact) mass is 283 g/mol. The first-order chi connectivity index (χ1) is 8.29. The minimum Gasteiger partial charge on any atom is -0.478 e. The predicted octanol–water partition coefficient (Wildman–Crippen LogP) is 3.15. The molecular formula is C10H9ClF3NO3. The number of aromatic nitrogens is 1. The van der Waals surface area contributed by atoms with Crippen molar-refractivity contribution in [2.75, 3.05) is 6.61 Å². The first-order valence-corrected chi connectivity index (χ1v) is 5.27. The van der Waals surface area contributed by atoms with E-state index in [1.807, 2.05) is 0 Å². The second-order valence-corrected chi connectivity index (χ2v) is 3.76. The highest BCUT2D eigenvalue weighted by Crippen LogP contribution is 2.22. The zero-order valence-corrected chi connectivity index (χ0v) is 9.75. The number of carboxylic acid groups (broad SMARTS) is 1. The number of halogens is 4. The van der Waals surface area contributed by atoms with Crippen molar-refractivity contribution in [1.82, 2.24) is 4.98 Å². The summed E-state index contributed by atoms with van der Waals surface area (Å²) < 4.78 is 40.4. The quantitative estimate of drug-likeness (QED) is 0.843. The first-order valence-electron chi connectivity index (χ1n) is 4.89. The summed E-state index contributed by atoms with van der Waals surface area (Å²) in [5.74, 6) is -1.40. The van der Waals surface area contributed by atoms with Crippen molar-refractivity contribution in [2.45, 2.75) is 19.0 Å². The fourth-order valence-electron chi connectivity index (χ4n) is 1.10. The van der Waals surface area contributed by atoms with Gasteiger partial charge in [0.1, 0.15) is 0 Å². The van der Waals surface area contributed by atoms with E-state index in [2.05, 4.69) is 4.98 Å². The average Bonchev–Trinajstić information content (AvgIpc) is 2.24. The summed E-state index contributed by atoms with van der Waals surface area (Å²) in [6.07, 6.45) is -5.43. The van der Waals surface area contributed by atoms with E-state index in [0.717, 1.165) is 0 Å². The van der Waals surface area contributed by atoms with E-state index >= 15 is 0 Å². The molecule has 1 heterocycles. The zero-order valence-electron chi connectivity index (χ0n) is 9.00. The Morgan fingerprint density at radius 2 is 2.11 bits per heavy atom. The minimum absolute atomic E-state index is 0.0647. The second kappa shape index (κ2) is 5.90. The second-order valence-electron chi connectivity index (χ2n) is 3.35. The number of ether oxygens (including phenoxy) is 1. The number of aromatic carboxylic acids is 1. The molecule has 0 fully saturated rings. The van der Waals surface area contributed by atoms with E-state index in [9.17, 15) is 18.0 Å². The third kappa shape index (κ3) is 4.79. The molecule has 0 saturated carbocycles. The summed E-state index contributed by atoms with van der Waals surface area (Å²) in [6.45, 7) is -0.201. The van der Waals surface area contributed by atoms with Crippen molar-refractivity contribution in [2.24, 2.45) is 0 Å². The molecule has 0 spiro atoms. The third-order valence-corrected chi connectivity index (χ3v) is 2.18. The molecule has 0 unspecified atom stereocenters. The van der Waals surface area contributed by atoms with Gasteiger partial charge in [0.2, 0.25) is 5.88 Å². The maximum Gasteiger partial charge on any atom is 0.389 e. The summed E-state index contributed by atoms with van der Waals surface area (Å²) in [5, 5.41) is 8.65. The van der Waals surface area contributed by atoms with Gasteiger partial charge in [0.05, 0.1) is 11.6 Å². The molecular weight excluding hydrogens is 275 g/mol. The molecule has 1 rings (SSSR count). The highest BCUT2D eigenvalue weighted by molar-refractivity contribution is 6.33. The van der Waals surface area contributed by atoms with Crippen LogP contribution in [0.3, 0.4) is 0 Å². The van der Waals surface area contributed by atoms with Crippen LogP contribution in [0.15, 0.2) is 12.1 Å². The highest BCUT2D eigenvalue weighted by atomic mass is 35.5. The molecule has 0 aliphatic carbocycles. The van der Waals surface area contributed by atoms with Crippen molar-refractivity contribution < 1.29 is 27.8 Å². The maximum atomic E-state index is 11.8. The van der Waals surface area contributed by atoms with E-state index in [0.29, 0.717) is 0 Å². The van der Waals surface area contributed by atoms with Gasteiger partial charge in [-0.25, -0.2) is 9.78 Å². The number of carbonyl (C=O) groups is 1. The molecule has 8 heteroatoms.